The lowest BCUT2D eigenvalue weighted by atomic mass is 10.2. The van der Waals surface area contributed by atoms with Crippen molar-refractivity contribution in [3.63, 3.8) is 0 Å². The summed E-state index contributed by atoms with van der Waals surface area (Å²) in [7, 11) is 0. The van der Waals surface area contributed by atoms with Crippen LogP contribution in [-0.4, -0.2) is 20.9 Å². The van der Waals surface area contributed by atoms with Crippen LogP contribution in [0.25, 0.3) is 11.4 Å². The van der Waals surface area contributed by atoms with Gasteiger partial charge in [0.1, 0.15) is 5.69 Å². The van der Waals surface area contributed by atoms with Crippen molar-refractivity contribution >= 4 is 5.91 Å². The highest BCUT2D eigenvalue weighted by Gasteiger charge is 2.12. The minimum atomic E-state index is -0.581. The Morgan fingerprint density at radius 2 is 2.14 bits per heavy atom. The van der Waals surface area contributed by atoms with E-state index < -0.39 is 5.91 Å². The molecule has 0 saturated carbocycles. The van der Waals surface area contributed by atoms with E-state index in [-0.39, 0.29) is 5.69 Å². The average Bonchev–Trinajstić information content (AvgIpc) is 2.70. The smallest absolute Gasteiger partial charge is 0.269 e. The van der Waals surface area contributed by atoms with Gasteiger partial charge in [0.25, 0.3) is 5.91 Å². The van der Waals surface area contributed by atoms with Gasteiger partial charge in [0, 0.05) is 18.6 Å². The van der Waals surface area contributed by atoms with Crippen LogP contribution in [0.3, 0.4) is 0 Å². The van der Waals surface area contributed by atoms with E-state index in [4.69, 9.17) is 5.73 Å². The number of hydrogen-bond acceptors (Lipinski definition) is 3. The zero-order chi connectivity index (χ0) is 9.97. The number of nitrogens with zero attached hydrogens (tertiary/aromatic N) is 2. The Balaban J connectivity index is 2.58. The van der Waals surface area contributed by atoms with Gasteiger partial charge in [0.2, 0.25) is 0 Å². The van der Waals surface area contributed by atoms with Crippen LogP contribution in [0.4, 0.5) is 0 Å². The molecule has 0 fully saturated rings. The first kappa shape index (κ1) is 8.43. The largest absolute Gasteiger partial charge is 0.364 e. The minimum Gasteiger partial charge on any atom is -0.364 e. The number of primary amides is 1. The highest BCUT2D eigenvalue weighted by molar-refractivity contribution is 5.96. The third kappa shape index (κ3) is 1.35. The molecule has 3 N–H and O–H groups in total. The second-order valence-corrected chi connectivity index (χ2v) is 2.70. The number of aromatic nitrogens is 3. The molecule has 2 aromatic rings. The summed E-state index contributed by atoms with van der Waals surface area (Å²) in [5.41, 5.74) is 6.55. The molecule has 2 aromatic heterocycles. The first-order chi connectivity index (χ1) is 6.79. The highest BCUT2D eigenvalue weighted by atomic mass is 16.1. The molecule has 70 valence electrons. The Hall–Kier alpha value is -2.17. The maximum Gasteiger partial charge on any atom is 0.269 e. The van der Waals surface area contributed by atoms with Crippen molar-refractivity contribution in [2.75, 3.05) is 0 Å². The number of hydrogen-bond donors (Lipinski definition) is 2. The van der Waals surface area contributed by atoms with Crippen LogP contribution in [0.5, 0.6) is 0 Å². The normalized spacial score (nSPS) is 10.0. The fourth-order valence-electron chi connectivity index (χ4n) is 1.19. The molecule has 0 saturated heterocycles. The van der Waals surface area contributed by atoms with Crippen molar-refractivity contribution in [1.82, 2.24) is 15.0 Å². The summed E-state index contributed by atoms with van der Waals surface area (Å²) in [5, 5.41) is 0. The van der Waals surface area contributed by atoms with E-state index in [1.165, 1.54) is 12.4 Å². The van der Waals surface area contributed by atoms with Crippen molar-refractivity contribution in [2.45, 2.75) is 0 Å². The Labute approximate surface area is 80.0 Å². The van der Waals surface area contributed by atoms with Crippen LogP contribution < -0.4 is 5.73 Å². The van der Waals surface area contributed by atoms with E-state index in [1.807, 2.05) is 6.07 Å². The van der Waals surface area contributed by atoms with Gasteiger partial charge < -0.3 is 10.7 Å². The average molecular weight is 188 g/mol. The molecular weight excluding hydrogens is 180 g/mol. The molecule has 2 rings (SSSR count). The lowest BCUT2D eigenvalue weighted by molar-refractivity contribution is 0.0996. The van der Waals surface area contributed by atoms with E-state index in [2.05, 4.69) is 15.0 Å². The Morgan fingerprint density at radius 1 is 1.36 bits per heavy atom. The van der Waals surface area contributed by atoms with Crippen molar-refractivity contribution < 1.29 is 4.79 Å². The molecule has 0 bridgehead atoms. The van der Waals surface area contributed by atoms with Gasteiger partial charge >= 0.3 is 0 Å². The Morgan fingerprint density at radius 3 is 2.79 bits per heavy atom. The summed E-state index contributed by atoms with van der Waals surface area (Å²) in [6.07, 6.45) is 4.70. The van der Waals surface area contributed by atoms with Gasteiger partial charge in [-0.05, 0) is 12.1 Å². The summed E-state index contributed by atoms with van der Waals surface area (Å²) in [6, 6.07) is 3.62. The van der Waals surface area contributed by atoms with Crippen LogP contribution >= 0.6 is 0 Å². The number of carbonyl (C=O) groups excluding carboxylic acids is 1. The molecule has 0 aromatic carbocycles. The second-order valence-electron chi connectivity index (χ2n) is 2.70. The number of carbonyl (C=O) groups is 1. The summed E-state index contributed by atoms with van der Waals surface area (Å²) in [5.74, 6) is -0.581. The number of rotatable bonds is 2. The maximum atomic E-state index is 11.0. The van der Waals surface area contributed by atoms with Gasteiger partial charge in [0.05, 0.1) is 5.69 Å². The van der Waals surface area contributed by atoms with E-state index >= 15 is 0 Å². The molecule has 2 heterocycles. The molecular formula is C9H8N4O. The molecule has 0 unspecified atom stereocenters. The number of nitrogens with two attached hydrogens (primary N) is 1. The fourth-order valence-corrected chi connectivity index (χ4v) is 1.19. The van der Waals surface area contributed by atoms with Gasteiger partial charge in [-0.3, -0.25) is 9.78 Å². The van der Waals surface area contributed by atoms with E-state index in [9.17, 15) is 4.79 Å². The third-order valence-electron chi connectivity index (χ3n) is 1.78. The van der Waals surface area contributed by atoms with E-state index in [0.29, 0.717) is 5.69 Å². The molecule has 0 radical (unpaired) electrons. The third-order valence-corrected chi connectivity index (χ3v) is 1.78. The summed E-state index contributed by atoms with van der Waals surface area (Å²) in [6.45, 7) is 0. The van der Waals surface area contributed by atoms with Crippen LogP contribution in [0.15, 0.2) is 30.7 Å². The van der Waals surface area contributed by atoms with Crippen molar-refractivity contribution in [2.24, 2.45) is 5.73 Å². The van der Waals surface area contributed by atoms with Gasteiger partial charge in [-0.2, -0.15) is 0 Å². The van der Waals surface area contributed by atoms with Crippen molar-refractivity contribution in [3.05, 3.63) is 36.4 Å². The van der Waals surface area contributed by atoms with Crippen LogP contribution in [-0.2, 0) is 0 Å². The van der Waals surface area contributed by atoms with Gasteiger partial charge in [-0.25, -0.2) is 4.98 Å². The fraction of sp³-hybridized carbons (Fsp3) is 0. The van der Waals surface area contributed by atoms with E-state index in [1.54, 1.807) is 12.3 Å². The Bertz CT molecular complexity index is 450. The summed E-state index contributed by atoms with van der Waals surface area (Å²) >= 11 is 0. The maximum absolute atomic E-state index is 11.0. The standard InChI is InChI=1S/C9H8N4O/c10-9(14)8-7(12-4-5-13-8)6-2-1-3-11-6/h1-5,11H,(H2,10,14). The molecule has 0 spiro atoms. The number of amides is 1. The second kappa shape index (κ2) is 3.29. The van der Waals surface area contributed by atoms with Crippen LogP contribution in [0.2, 0.25) is 0 Å². The van der Waals surface area contributed by atoms with E-state index in [0.717, 1.165) is 5.69 Å². The number of H-pyrrole nitrogens is 1. The van der Waals surface area contributed by atoms with Crippen LogP contribution in [0, 0.1) is 0 Å². The molecule has 5 nitrogen and oxygen atoms in total. The summed E-state index contributed by atoms with van der Waals surface area (Å²) < 4.78 is 0. The SMILES string of the molecule is NC(=O)c1nccnc1-c1ccc[nH]1. The molecule has 0 aliphatic heterocycles. The first-order valence-electron chi connectivity index (χ1n) is 4.03. The zero-order valence-corrected chi connectivity index (χ0v) is 7.27. The first-order valence-corrected chi connectivity index (χ1v) is 4.03. The molecule has 0 aliphatic carbocycles. The molecule has 5 heteroatoms. The summed E-state index contributed by atoms with van der Waals surface area (Å²) in [4.78, 5) is 21.9. The predicted octanol–water partition coefficient (Wildman–Crippen LogP) is 0.571. The lowest BCUT2D eigenvalue weighted by Crippen LogP contribution is -2.15. The monoisotopic (exact) mass is 188 g/mol. The topological polar surface area (TPSA) is 84.7 Å². The molecule has 14 heavy (non-hydrogen) atoms. The number of nitrogens with one attached hydrogen (secondary N) is 1. The van der Waals surface area contributed by atoms with Gasteiger partial charge in [-0.15, -0.1) is 0 Å². The molecule has 1 amide bonds. The molecule has 0 atom stereocenters. The quantitative estimate of drug-likeness (QED) is 0.722. The van der Waals surface area contributed by atoms with Gasteiger partial charge in [-0.1, -0.05) is 0 Å². The van der Waals surface area contributed by atoms with Crippen LogP contribution in [0.1, 0.15) is 10.5 Å². The minimum absolute atomic E-state index is 0.176. The lowest BCUT2D eigenvalue weighted by Gasteiger charge is -2.00. The highest BCUT2D eigenvalue weighted by Crippen LogP contribution is 2.16. The van der Waals surface area contributed by atoms with Gasteiger partial charge in [0.15, 0.2) is 5.69 Å². The number of aromatic amines is 1. The van der Waals surface area contributed by atoms with Crippen molar-refractivity contribution in [1.29, 1.82) is 0 Å². The predicted molar refractivity (Wildman–Crippen MR) is 50.3 cm³/mol. The van der Waals surface area contributed by atoms with Crippen molar-refractivity contribution in [3.8, 4) is 11.4 Å². The Kier molecular flexibility index (Phi) is 1.98. The zero-order valence-electron chi connectivity index (χ0n) is 7.27. The molecule has 0 aliphatic rings.